The molecule has 3 heterocycles. The maximum atomic E-state index is 13.7. The molecule has 0 saturated heterocycles. The lowest BCUT2D eigenvalue weighted by Gasteiger charge is -2.29. The molecule has 1 amide bonds. The number of alkyl halides is 2. The van der Waals surface area contributed by atoms with Gasteiger partial charge in [-0.15, -0.1) is 0 Å². The van der Waals surface area contributed by atoms with Crippen molar-refractivity contribution in [1.82, 2.24) is 24.4 Å². The fourth-order valence-corrected chi connectivity index (χ4v) is 5.61. The van der Waals surface area contributed by atoms with E-state index in [9.17, 15) is 23.5 Å². The summed E-state index contributed by atoms with van der Waals surface area (Å²) in [7, 11) is 1.84. The number of carbonyl (C=O) groups excluding carboxylic acids is 1. The van der Waals surface area contributed by atoms with E-state index in [0.29, 0.717) is 37.4 Å². The fourth-order valence-electron chi connectivity index (χ4n) is 5.45. The third kappa shape index (κ3) is 6.11. The summed E-state index contributed by atoms with van der Waals surface area (Å²) in [5.41, 5.74) is 1.29. The molecule has 5 rings (SSSR count). The molecule has 216 valence electrons. The largest absolute Gasteiger partial charge is 0.395 e. The van der Waals surface area contributed by atoms with Crippen molar-refractivity contribution in [3.05, 3.63) is 81.6 Å². The van der Waals surface area contributed by atoms with Gasteiger partial charge in [-0.2, -0.15) is 0 Å². The number of aliphatic hydroxyl groups is 1. The van der Waals surface area contributed by atoms with Crippen molar-refractivity contribution in [2.75, 3.05) is 25.1 Å². The molecule has 0 spiro atoms. The molecule has 3 aromatic heterocycles. The van der Waals surface area contributed by atoms with Crippen molar-refractivity contribution >= 4 is 34.4 Å². The van der Waals surface area contributed by atoms with Gasteiger partial charge in [0.1, 0.15) is 11.5 Å². The minimum absolute atomic E-state index is 0.0141. The van der Waals surface area contributed by atoms with Crippen LogP contribution < -0.4 is 15.9 Å². The van der Waals surface area contributed by atoms with Gasteiger partial charge in [0, 0.05) is 32.4 Å². The van der Waals surface area contributed by atoms with Gasteiger partial charge in [-0.1, -0.05) is 23.7 Å². The third-order valence-corrected chi connectivity index (χ3v) is 7.82. The summed E-state index contributed by atoms with van der Waals surface area (Å²) in [6.45, 7) is 0.984. The number of fused-ring (bicyclic) bond motifs is 1. The number of benzene rings is 1. The van der Waals surface area contributed by atoms with Crippen molar-refractivity contribution in [1.29, 1.82) is 0 Å². The van der Waals surface area contributed by atoms with Gasteiger partial charge >= 0.3 is 5.69 Å². The summed E-state index contributed by atoms with van der Waals surface area (Å²) >= 11 is 5.90. The predicted molar refractivity (Wildman–Crippen MR) is 153 cm³/mol. The predicted octanol–water partition coefficient (Wildman–Crippen LogP) is 4.59. The average molecular weight is 585 g/mol. The Kier molecular flexibility index (Phi) is 8.65. The molecule has 12 heteroatoms. The molecular formula is C29H31ClF2N6O3. The molecule has 1 aliphatic rings. The zero-order valence-corrected chi connectivity index (χ0v) is 23.3. The standard InChI is InChI=1S/C29H31ClF2N6O3/c1-36(12-13-39)25-11-10-21(16-33-25)38-24-5-3-2-4-23(24)37(29(38)41)17-18-6-8-20(9-7-18)35-28(40)22-14-19(30)15-34-26(22)27(31)32/h2-5,10-11,14-16,18,20,27,39H,6-9,12-13,17H2,1H3,(H,35,40). The van der Waals surface area contributed by atoms with Gasteiger partial charge in [0.25, 0.3) is 12.3 Å². The summed E-state index contributed by atoms with van der Waals surface area (Å²) in [5.74, 6) is 0.290. The molecule has 1 aliphatic carbocycles. The van der Waals surface area contributed by atoms with Crippen LogP contribution in [-0.2, 0) is 6.54 Å². The summed E-state index contributed by atoms with van der Waals surface area (Å²) < 4.78 is 30.2. The number of aliphatic hydroxyl groups excluding tert-OH is 1. The Morgan fingerprint density at radius 3 is 2.51 bits per heavy atom. The van der Waals surface area contributed by atoms with E-state index in [4.69, 9.17) is 11.6 Å². The molecule has 0 radical (unpaired) electrons. The number of imidazole rings is 1. The number of nitrogens with zero attached hydrogens (tertiary/aromatic N) is 5. The number of rotatable bonds is 9. The molecule has 0 unspecified atom stereocenters. The van der Waals surface area contributed by atoms with E-state index in [1.165, 1.54) is 6.07 Å². The van der Waals surface area contributed by atoms with Gasteiger partial charge in [-0.3, -0.25) is 18.9 Å². The second-order valence-electron chi connectivity index (χ2n) is 10.3. The van der Waals surface area contributed by atoms with Gasteiger partial charge < -0.3 is 15.3 Å². The maximum absolute atomic E-state index is 13.7. The summed E-state index contributed by atoms with van der Waals surface area (Å²) in [5, 5.41) is 12.2. The third-order valence-electron chi connectivity index (χ3n) is 7.61. The first-order valence-electron chi connectivity index (χ1n) is 13.5. The van der Waals surface area contributed by atoms with Crippen molar-refractivity contribution in [3.8, 4) is 5.69 Å². The van der Waals surface area contributed by atoms with E-state index < -0.39 is 18.0 Å². The van der Waals surface area contributed by atoms with Crippen LogP contribution in [0.1, 0.15) is 48.2 Å². The van der Waals surface area contributed by atoms with Crippen LogP contribution in [0.15, 0.2) is 59.7 Å². The first-order chi connectivity index (χ1) is 19.8. The number of hydrogen-bond acceptors (Lipinski definition) is 6. The number of nitrogens with one attached hydrogen (secondary N) is 1. The monoisotopic (exact) mass is 584 g/mol. The molecule has 0 atom stereocenters. The molecule has 2 N–H and O–H groups in total. The summed E-state index contributed by atoms with van der Waals surface area (Å²) in [4.78, 5) is 36.4. The Balaban J connectivity index is 1.29. The molecule has 1 fully saturated rings. The highest BCUT2D eigenvalue weighted by molar-refractivity contribution is 6.30. The number of carbonyl (C=O) groups is 1. The molecular weight excluding hydrogens is 554 g/mol. The van der Waals surface area contributed by atoms with E-state index in [1.807, 2.05) is 48.3 Å². The van der Waals surface area contributed by atoms with Gasteiger partial charge in [0.15, 0.2) is 0 Å². The van der Waals surface area contributed by atoms with Crippen LogP contribution in [0, 0.1) is 5.92 Å². The number of halogens is 3. The normalized spacial score (nSPS) is 17.2. The summed E-state index contributed by atoms with van der Waals surface area (Å²) in [6.07, 6.45) is 2.73. The zero-order chi connectivity index (χ0) is 29.1. The summed E-state index contributed by atoms with van der Waals surface area (Å²) in [6, 6.07) is 12.3. The Morgan fingerprint density at radius 1 is 1.12 bits per heavy atom. The van der Waals surface area contributed by atoms with Gasteiger partial charge in [-0.05, 0) is 61.9 Å². The second kappa shape index (κ2) is 12.4. The van der Waals surface area contributed by atoms with Crippen molar-refractivity contribution in [2.45, 2.75) is 44.7 Å². The Hall–Kier alpha value is -3.83. The number of para-hydroxylation sites is 2. The van der Waals surface area contributed by atoms with Crippen molar-refractivity contribution in [3.63, 3.8) is 0 Å². The van der Waals surface area contributed by atoms with E-state index in [0.717, 1.165) is 30.1 Å². The van der Waals surface area contributed by atoms with Crippen LogP contribution in [0.5, 0.6) is 0 Å². The van der Waals surface area contributed by atoms with Gasteiger partial charge in [0.2, 0.25) is 0 Å². The number of likely N-dealkylation sites (N-methyl/N-ethyl adjacent to an activating group) is 1. The number of hydrogen-bond donors (Lipinski definition) is 2. The van der Waals surface area contributed by atoms with Crippen LogP contribution in [-0.4, -0.2) is 56.4 Å². The van der Waals surface area contributed by atoms with Crippen LogP contribution in [0.3, 0.4) is 0 Å². The van der Waals surface area contributed by atoms with E-state index >= 15 is 0 Å². The molecule has 41 heavy (non-hydrogen) atoms. The highest BCUT2D eigenvalue weighted by Crippen LogP contribution is 2.29. The Bertz CT molecular complexity index is 1580. The number of amides is 1. The van der Waals surface area contributed by atoms with Gasteiger partial charge in [-0.25, -0.2) is 18.6 Å². The van der Waals surface area contributed by atoms with Crippen LogP contribution in [0.25, 0.3) is 16.7 Å². The van der Waals surface area contributed by atoms with Crippen LogP contribution >= 0.6 is 11.6 Å². The first kappa shape index (κ1) is 28.7. The number of pyridine rings is 2. The molecule has 4 aromatic rings. The van der Waals surface area contributed by atoms with E-state index in [1.54, 1.807) is 15.3 Å². The van der Waals surface area contributed by atoms with Crippen LogP contribution in [0.2, 0.25) is 5.02 Å². The molecule has 0 aliphatic heterocycles. The Morgan fingerprint density at radius 2 is 1.85 bits per heavy atom. The van der Waals surface area contributed by atoms with Crippen molar-refractivity contribution < 1.29 is 18.7 Å². The number of aromatic nitrogens is 4. The van der Waals surface area contributed by atoms with Crippen LogP contribution in [0.4, 0.5) is 14.6 Å². The SMILES string of the molecule is CN(CCO)c1ccc(-n2c(=O)n(CC3CCC(NC(=O)c4cc(Cl)cnc4C(F)F)CC3)c3ccccc32)cn1. The Labute approximate surface area is 240 Å². The minimum Gasteiger partial charge on any atom is -0.395 e. The zero-order valence-electron chi connectivity index (χ0n) is 22.5. The van der Waals surface area contributed by atoms with E-state index in [2.05, 4.69) is 15.3 Å². The minimum atomic E-state index is -2.88. The lowest BCUT2D eigenvalue weighted by Crippen LogP contribution is -2.39. The molecule has 0 bridgehead atoms. The lowest BCUT2D eigenvalue weighted by atomic mass is 9.85. The maximum Gasteiger partial charge on any atom is 0.333 e. The van der Waals surface area contributed by atoms with E-state index in [-0.39, 0.29) is 34.8 Å². The van der Waals surface area contributed by atoms with Gasteiger partial charge in [0.05, 0.1) is 40.1 Å². The van der Waals surface area contributed by atoms with Crippen molar-refractivity contribution in [2.24, 2.45) is 5.92 Å². The second-order valence-corrected chi connectivity index (χ2v) is 10.8. The topological polar surface area (TPSA) is 105 Å². The highest BCUT2D eigenvalue weighted by Gasteiger charge is 2.27. The highest BCUT2D eigenvalue weighted by atomic mass is 35.5. The molecule has 1 aromatic carbocycles. The average Bonchev–Trinajstić information content (AvgIpc) is 3.24. The molecule has 1 saturated carbocycles. The fraction of sp³-hybridized carbons (Fsp3) is 0.379. The quantitative estimate of drug-likeness (QED) is 0.298. The number of anilines is 1. The first-order valence-corrected chi connectivity index (χ1v) is 13.9. The smallest absolute Gasteiger partial charge is 0.333 e. The lowest BCUT2D eigenvalue weighted by molar-refractivity contribution is 0.0904. The molecule has 9 nitrogen and oxygen atoms in total.